The summed E-state index contributed by atoms with van der Waals surface area (Å²) >= 11 is 0. The number of nitrogens with zero attached hydrogens (tertiary/aromatic N) is 4. The summed E-state index contributed by atoms with van der Waals surface area (Å²) in [6.07, 6.45) is -3.16. The number of alkyl halides is 3. The van der Waals surface area contributed by atoms with Crippen molar-refractivity contribution in [1.29, 1.82) is 0 Å². The van der Waals surface area contributed by atoms with Crippen molar-refractivity contribution in [1.82, 2.24) is 19.6 Å². The summed E-state index contributed by atoms with van der Waals surface area (Å²) in [5, 5.41) is 8.80. The topological polar surface area (TPSA) is 54.1 Å². The molecule has 2 aromatic heterocycles. The molecule has 0 radical (unpaired) electrons. The van der Waals surface area contributed by atoms with Crippen molar-refractivity contribution in [2.75, 3.05) is 7.11 Å². The van der Waals surface area contributed by atoms with E-state index in [1.165, 1.54) is 18.0 Å². The third-order valence-corrected chi connectivity index (χ3v) is 4.60. The van der Waals surface area contributed by atoms with Crippen molar-refractivity contribution in [3.8, 4) is 11.6 Å². The number of hydrogen-bond donors (Lipinski definition) is 0. The summed E-state index contributed by atoms with van der Waals surface area (Å²) in [4.78, 5) is 0. The second-order valence-electron chi connectivity index (χ2n) is 6.62. The fourth-order valence-corrected chi connectivity index (χ4v) is 3.17. The zero-order valence-corrected chi connectivity index (χ0v) is 16.1. The maximum Gasteiger partial charge on any atom is 0.435 e. The van der Waals surface area contributed by atoms with Crippen LogP contribution in [0.4, 0.5) is 13.2 Å². The summed E-state index contributed by atoms with van der Waals surface area (Å²) in [7, 11) is 1.52. The van der Waals surface area contributed by atoms with Crippen LogP contribution in [0, 0.1) is 0 Å². The molecule has 30 heavy (non-hydrogen) atoms. The monoisotopic (exact) mass is 416 g/mol. The number of rotatable bonds is 7. The molecule has 0 aliphatic heterocycles. The van der Waals surface area contributed by atoms with Gasteiger partial charge in [-0.15, -0.1) is 5.10 Å². The van der Waals surface area contributed by atoms with Gasteiger partial charge in [-0.3, -0.25) is 9.36 Å². The van der Waals surface area contributed by atoms with Crippen molar-refractivity contribution in [3.05, 3.63) is 72.1 Å². The molecule has 2 aromatic carbocycles. The predicted octanol–water partition coefficient (Wildman–Crippen LogP) is 4.54. The molecule has 0 fully saturated rings. The molecule has 0 aliphatic rings. The number of hydrogen-bond acceptors (Lipinski definition) is 4. The molecule has 0 bridgehead atoms. The van der Waals surface area contributed by atoms with Crippen LogP contribution < -0.4 is 9.47 Å². The first-order chi connectivity index (χ1) is 14.5. The first kappa shape index (κ1) is 19.8. The normalized spacial score (nSPS) is 11.7. The Labute approximate surface area is 170 Å². The average Bonchev–Trinajstić information content (AvgIpc) is 3.36. The van der Waals surface area contributed by atoms with Crippen LogP contribution in [0.25, 0.3) is 10.9 Å². The van der Waals surface area contributed by atoms with Gasteiger partial charge in [0.2, 0.25) is 5.88 Å². The van der Waals surface area contributed by atoms with Gasteiger partial charge >= 0.3 is 6.18 Å². The SMILES string of the molecule is COc1nn(CCn2ccc(C(F)(F)F)n2)c2c(OCc3ccccc3)cccc12. The summed E-state index contributed by atoms with van der Waals surface area (Å²) in [5.74, 6) is 1.04. The second-order valence-corrected chi connectivity index (χ2v) is 6.62. The molecular weight excluding hydrogens is 397 g/mol. The number of aryl methyl sites for hydroxylation is 2. The first-order valence-electron chi connectivity index (χ1n) is 9.26. The number of aromatic nitrogens is 4. The Balaban J connectivity index is 1.59. The largest absolute Gasteiger partial charge is 0.487 e. The number of halogens is 3. The van der Waals surface area contributed by atoms with Crippen LogP contribution in [-0.4, -0.2) is 26.7 Å². The van der Waals surface area contributed by atoms with Gasteiger partial charge in [-0.05, 0) is 23.8 Å². The summed E-state index contributed by atoms with van der Waals surface area (Å²) < 4.78 is 52.6. The molecule has 0 aliphatic carbocycles. The zero-order chi connectivity index (χ0) is 21.1. The van der Waals surface area contributed by atoms with E-state index in [0.717, 1.165) is 17.0 Å². The molecule has 0 atom stereocenters. The van der Waals surface area contributed by atoms with E-state index in [9.17, 15) is 13.2 Å². The lowest BCUT2D eigenvalue weighted by molar-refractivity contribution is -0.141. The van der Waals surface area contributed by atoms with Crippen molar-refractivity contribution in [2.24, 2.45) is 0 Å². The standard InChI is InChI=1S/C21H19F3N4O2/c1-29-20-16-8-5-9-17(30-14-15-6-3-2-4-7-15)19(16)28(26-20)13-12-27-11-10-18(25-27)21(22,23)24/h2-11H,12-14H2,1H3. The van der Waals surface area contributed by atoms with Crippen LogP contribution in [0.15, 0.2) is 60.8 Å². The molecular formula is C21H19F3N4O2. The Morgan fingerprint density at radius 3 is 2.43 bits per heavy atom. The van der Waals surface area contributed by atoms with Gasteiger partial charge in [-0.1, -0.05) is 36.4 Å². The van der Waals surface area contributed by atoms with Gasteiger partial charge in [0.1, 0.15) is 17.9 Å². The molecule has 156 valence electrons. The summed E-state index contributed by atoms with van der Waals surface area (Å²) in [6, 6.07) is 16.2. The third-order valence-electron chi connectivity index (χ3n) is 4.60. The lowest BCUT2D eigenvalue weighted by Crippen LogP contribution is -2.12. The quantitative estimate of drug-likeness (QED) is 0.444. The maximum atomic E-state index is 12.8. The van der Waals surface area contributed by atoms with Gasteiger partial charge in [0, 0.05) is 6.20 Å². The summed E-state index contributed by atoms with van der Waals surface area (Å²) in [6.45, 7) is 0.884. The van der Waals surface area contributed by atoms with Gasteiger partial charge in [0.05, 0.1) is 25.6 Å². The van der Waals surface area contributed by atoms with E-state index >= 15 is 0 Å². The van der Waals surface area contributed by atoms with Crippen LogP contribution >= 0.6 is 0 Å². The number of fused-ring (bicyclic) bond motifs is 1. The molecule has 0 saturated carbocycles. The van der Waals surface area contributed by atoms with E-state index in [-0.39, 0.29) is 6.54 Å². The first-order valence-corrected chi connectivity index (χ1v) is 9.26. The Kier molecular flexibility index (Phi) is 5.35. The van der Waals surface area contributed by atoms with Crippen molar-refractivity contribution < 1.29 is 22.6 Å². The molecule has 9 heteroatoms. The Hall–Kier alpha value is -3.49. The molecule has 6 nitrogen and oxygen atoms in total. The second kappa shape index (κ2) is 8.10. The highest BCUT2D eigenvalue weighted by molar-refractivity contribution is 5.89. The van der Waals surface area contributed by atoms with Crippen LogP contribution in [0.3, 0.4) is 0 Å². The average molecular weight is 416 g/mol. The number of benzene rings is 2. The molecule has 4 aromatic rings. The van der Waals surface area contributed by atoms with E-state index in [4.69, 9.17) is 9.47 Å². The Morgan fingerprint density at radius 2 is 1.73 bits per heavy atom. The van der Waals surface area contributed by atoms with E-state index in [0.29, 0.717) is 30.3 Å². The molecule has 0 N–H and O–H groups in total. The van der Waals surface area contributed by atoms with Gasteiger partial charge in [-0.25, -0.2) is 0 Å². The third kappa shape index (κ3) is 4.10. The minimum Gasteiger partial charge on any atom is -0.487 e. The maximum absolute atomic E-state index is 12.8. The highest BCUT2D eigenvalue weighted by Crippen LogP contribution is 2.33. The lowest BCUT2D eigenvalue weighted by atomic mass is 10.2. The van der Waals surface area contributed by atoms with E-state index in [1.54, 1.807) is 4.68 Å². The fourth-order valence-electron chi connectivity index (χ4n) is 3.17. The van der Waals surface area contributed by atoms with Crippen molar-refractivity contribution in [3.63, 3.8) is 0 Å². The van der Waals surface area contributed by atoms with Gasteiger partial charge < -0.3 is 9.47 Å². The van der Waals surface area contributed by atoms with Crippen LogP contribution in [-0.2, 0) is 25.9 Å². The number of methoxy groups -OCH3 is 1. The lowest BCUT2D eigenvalue weighted by Gasteiger charge is -2.10. The minimum atomic E-state index is -4.47. The zero-order valence-electron chi connectivity index (χ0n) is 16.1. The molecule has 0 saturated heterocycles. The predicted molar refractivity (Wildman–Crippen MR) is 104 cm³/mol. The van der Waals surface area contributed by atoms with Crippen LogP contribution in [0.5, 0.6) is 11.6 Å². The molecule has 0 amide bonds. The minimum absolute atomic E-state index is 0.211. The number of ether oxygens (including phenoxy) is 2. The molecule has 0 spiro atoms. The van der Waals surface area contributed by atoms with Gasteiger partial charge in [-0.2, -0.15) is 18.3 Å². The fraction of sp³-hybridized carbons (Fsp3) is 0.238. The molecule has 2 heterocycles. The Morgan fingerprint density at radius 1 is 0.933 bits per heavy atom. The highest BCUT2D eigenvalue weighted by atomic mass is 19.4. The Bertz CT molecular complexity index is 1140. The van der Waals surface area contributed by atoms with E-state index in [2.05, 4.69) is 10.2 Å². The van der Waals surface area contributed by atoms with Crippen LogP contribution in [0.2, 0.25) is 0 Å². The van der Waals surface area contributed by atoms with Gasteiger partial charge in [0.25, 0.3) is 0 Å². The van der Waals surface area contributed by atoms with Crippen molar-refractivity contribution >= 4 is 10.9 Å². The number of para-hydroxylation sites is 1. The smallest absolute Gasteiger partial charge is 0.435 e. The van der Waals surface area contributed by atoms with E-state index in [1.807, 2.05) is 48.5 Å². The van der Waals surface area contributed by atoms with Gasteiger partial charge in [0.15, 0.2) is 5.69 Å². The molecule has 4 rings (SSSR count). The summed E-state index contributed by atoms with van der Waals surface area (Å²) in [5.41, 5.74) is 0.814. The van der Waals surface area contributed by atoms with E-state index < -0.39 is 11.9 Å². The highest BCUT2D eigenvalue weighted by Gasteiger charge is 2.33. The van der Waals surface area contributed by atoms with Crippen molar-refractivity contribution in [2.45, 2.75) is 25.9 Å². The molecule has 0 unspecified atom stereocenters. The van der Waals surface area contributed by atoms with Crippen LogP contribution in [0.1, 0.15) is 11.3 Å².